The number of ether oxygens (including phenoxy) is 2. The third-order valence-electron chi connectivity index (χ3n) is 6.18. The van der Waals surface area contributed by atoms with Crippen LogP contribution in [0.1, 0.15) is 36.0 Å². The third-order valence-corrected chi connectivity index (χ3v) is 8.10. The fourth-order valence-corrected chi connectivity index (χ4v) is 6.07. The van der Waals surface area contributed by atoms with Gasteiger partial charge >= 0.3 is 0 Å². The highest BCUT2D eigenvalue weighted by Gasteiger charge is 2.33. The van der Waals surface area contributed by atoms with E-state index in [-0.39, 0.29) is 28.6 Å². The topological polar surface area (TPSA) is 96.5 Å². The predicted octanol–water partition coefficient (Wildman–Crippen LogP) is 0.943. The first-order valence-electron chi connectivity index (χ1n) is 10.8. The summed E-state index contributed by atoms with van der Waals surface area (Å²) in [6.07, 6.45) is 2.94. The van der Waals surface area contributed by atoms with E-state index < -0.39 is 10.0 Å². The van der Waals surface area contributed by atoms with E-state index in [0.29, 0.717) is 51.4 Å². The van der Waals surface area contributed by atoms with Crippen molar-refractivity contribution in [2.45, 2.75) is 36.7 Å². The number of hydrogen-bond acceptors (Lipinski definition) is 6. The first-order valence-corrected chi connectivity index (χ1v) is 12.2. The maximum atomic E-state index is 13.1. The van der Waals surface area contributed by atoms with Gasteiger partial charge in [0, 0.05) is 51.4 Å². The van der Waals surface area contributed by atoms with Gasteiger partial charge in [0.15, 0.2) is 0 Å². The molecule has 1 atom stereocenters. The summed E-state index contributed by atoms with van der Waals surface area (Å²) in [5.74, 6) is -0.0202. The average molecular weight is 452 g/mol. The smallest absolute Gasteiger partial charge is 0.254 e. The minimum absolute atomic E-state index is 0.00645. The van der Waals surface area contributed by atoms with Gasteiger partial charge in [-0.25, -0.2) is 8.42 Å². The van der Waals surface area contributed by atoms with Crippen LogP contribution in [-0.4, -0.2) is 93.4 Å². The lowest BCUT2D eigenvalue weighted by atomic mass is 10.1. The zero-order valence-corrected chi connectivity index (χ0v) is 18.6. The first kappa shape index (κ1) is 22.0. The highest BCUT2D eigenvalue weighted by molar-refractivity contribution is 7.89. The number of methoxy groups -OCH3 is 1. The molecule has 0 saturated carbocycles. The maximum Gasteiger partial charge on any atom is 0.254 e. The molecule has 1 aromatic rings. The Hall–Kier alpha value is -2.17. The Morgan fingerprint density at radius 3 is 2.29 bits per heavy atom. The molecule has 0 N–H and O–H groups in total. The van der Waals surface area contributed by atoms with Gasteiger partial charge in [0.1, 0.15) is 16.7 Å². The zero-order chi connectivity index (χ0) is 22.0. The van der Waals surface area contributed by atoms with Crippen molar-refractivity contribution in [2.75, 3.05) is 53.0 Å². The van der Waals surface area contributed by atoms with E-state index in [0.717, 1.165) is 25.7 Å². The average Bonchev–Trinajstić information content (AvgIpc) is 3.52. The fourth-order valence-electron chi connectivity index (χ4n) is 4.37. The van der Waals surface area contributed by atoms with Crippen LogP contribution in [0.2, 0.25) is 0 Å². The van der Waals surface area contributed by atoms with Crippen LogP contribution in [0.3, 0.4) is 0 Å². The molecular weight excluding hydrogens is 422 g/mol. The minimum atomic E-state index is -3.73. The summed E-state index contributed by atoms with van der Waals surface area (Å²) in [5, 5.41) is 0. The molecule has 1 aromatic carbocycles. The molecule has 170 valence electrons. The van der Waals surface area contributed by atoms with Crippen molar-refractivity contribution < 1.29 is 27.5 Å². The maximum absolute atomic E-state index is 13.1. The molecule has 4 rings (SSSR count). The number of rotatable bonds is 5. The van der Waals surface area contributed by atoms with Crippen LogP contribution in [-0.2, 0) is 19.6 Å². The molecule has 0 bridgehead atoms. The van der Waals surface area contributed by atoms with Gasteiger partial charge in [-0.2, -0.15) is 4.31 Å². The van der Waals surface area contributed by atoms with Gasteiger partial charge in [0.25, 0.3) is 11.8 Å². The Morgan fingerprint density at radius 2 is 1.68 bits per heavy atom. The molecule has 3 aliphatic rings. The molecule has 31 heavy (non-hydrogen) atoms. The second-order valence-electron chi connectivity index (χ2n) is 8.10. The van der Waals surface area contributed by atoms with Gasteiger partial charge in [-0.05, 0) is 43.9 Å². The van der Waals surface area contributed by atoms with Crippen LogP contribution in [0, 0.1) is 0 Å². The van der Waals surface area contributed by atoms with Gasteiger partial charge in [-0.1, -0.05) is 0 Å². The molecular formula is C21H29N3O6S. The Balaban J connectivity index is 1.47. The van der Waals surface area contributed by atoms with Crippen molar-refractivity contribution in [1.82, 2.24) is 14.1 Å². The molecule has 3 heterocycles. The van der Waals surface area contributed by atoms with Gasteiger partial charge < -0.3 is 19.3 Å². The number of benzene rings is 1. The van der Waals surface area contributed by atoms with Crippen LogP contribution < -0.4 is 4.74 Å². The normalized spacial score (nSPS) is 22.7. The minimum Gasteiger partial charge on any atom is -0.495 e. The second kappa shape index (κ2) is 9.13. The molecule has 1 unspecified atom stereocenters. The van der Waals surface area contributed by atoms with Crippen LogP contribution in [0.15, 0.2) is 23.1 Å². The number of carbonyl (C=O) groups is 2. The summed E-state index contributed by atoms with van der Waals surface area (Å²) < 4.78 is 38.3. The number of sulfonamides is 1. The number of piperazine rings is 1. The van der Waals surface area contributed by atoms with Crippen molar-refractivity contribution >= 4 is 21.8 Å². The first-order chi connectivity index (χ1) is 14.9. The largest absolute Gasteiger partial charge is 0.495 e. The summed E-state index contributed by atoms with van der Waals surface area (Å²) in [7, 11) is -2.31. The Bertz CT molecular complexity index is 930. The number of nitrogens with zero attached hydrogens (tertiary/aromatic N) is 3. The summed E-state index contributed by atoms with van der Waals surface area (Å²) in [5.41, 5.74) is 0.303. The zero-order valence-electron chi connectivity index (χ0n) is 17.8. The van der Waals surface area contributed by atoms with Gasteiger partial charge in [-0.15, -0.1) is 0 Å². The van der Waals surface area contributed by atoms with E-state index in [1.165, 1.54) is 23.5 Å². The van der Waals surface area contributed by atoms with Crippen molar-refractivity contribution in [1.29, 1.82) is 0 Å². The molecule has 3 saturated heterocycles. The lowest BCUT2D eigenvalue weighted by Crippen LogP contribution is -2.52. The molecule has 9 nitrogen and oxygen atoms in total. The van der Waals surface area contributed by atoms with E-state index in [4.69, 9.17) is 9.47 Å². The number of hydrogen-bond donors (Lipinski definition) is 0. The van der Waals surface area contributed by atoms with E-state index in [1.54, 1.807) is 15.9 Å². The standard InChI is InChI=1S/C21H29N3O6S/c1-29-17-7-6-16(15-19(17)31(27,28)24-8-2-3-9-24)20(25)22-10-12-23(13-11-22)21(26)18-5-4-14-30-18/h6-7,15,18H,2-5,8-14H2,1H3. The molecule has 0 radical (unpaired) electrons. The van der Waals surface area contributed by atoms with Crippen LogP contribution >= 0.6 is 0 Å². The Kier molecular flexibility index (Phi) is 6.49. The van der Waals surface area contributed by atoms with Gasteiger partial charge in [0.2, 0.25) is 10.0 Å². The highest BCUT2D eigenvalue weighted by Crippen LogP contribution is 2.30. The number of amides is 2. The van der Waals surface area contributed by atoms with Crippen molar-refractivity contribution in [2.24, 2.45) is 0 Å². The molecule has 3 aliphatic heterocycles. The third kappa shape index (κ3) is 4.42. The van der Waals surface area contributed by atoms with Gasteiger partial charge in [0.05, 0.1) is 7.11 Å². The lowest BCUT2D eigenvalue weighted by Gasteiger charge is -2.35. The summed E-state index contributed by atoms with van der Waals surface area (Å²) in [6, 6.07) is 4.54. The second-order valence-corrected chi connectivity index (χ2v) is 10.0. The van der Waals surface area contributed by atoms with Crippen molar-refractivity contribution in [3.8, 4) is 5.75 Å². The molecule has 2 amide bonds. The Morgan fingerprint density at radius 1 is 1.00 bits per heavy atom. The molecule has 0 aromatic heterocycles. The molecule has 3 fully saturated rings. The monoisotopic (exact) mass is 451 g/mol. The van der Waals surface area contributed by atoms with Crippen molar-refractivity contribution in [3.63, 3.8) is 0 Å². The van der Waals surface area contributed by atoms with Crippen LogP contribution in [0.25, 0.3) is 0 Å². The summed E-state index contributed by atoms with van der Waals surface area (Å²) in [6.45, 7) is 3.26. The highest BCUT2D eigenvalue weighted by atomic mass is 32.2. The molecule has 10 heteroatoms. The lowest BCUT2D eigenvalue weighted by molar-refractivity contribution is -0.142. The van der Waals surface area contributed by atoms with Crippen molar-refractivity contribution in [3.05, 3.63) is 23.8 Å². The Labute approximate surface area is 182 Å². The predicted molar refractivity (Wildman–Crippen MR) is 112 cm³/mol. The van der Waals surface area contributed by atoms with E-state index >= 15 is 0 Å². The molecule has 0 spiro atoms. The SMILES string of the molecule is COc1ccc(C(=O)N2CCN(C(=O)C3CCCO3)CC2)cc1S(=O)(=O)N1CCCC1. The van der Waals surface area contributed by atoms with E-state index in [9.17, 15) is 18.0 Å². The van der Waals surface area contributed by atoms with Gasteiger partial charge in [-0.3, -0.25) is 9.59 Å². The quantitative estimate of drug-likeness (QED) is 0.661. The van der Waals surface area contributed by atoms with Crippen LogP contribution in [0.5, 0.6) is 5.75 Å². The summed E-state index contributed by atoms with van der Waals surface area (Å²) >= 11 is 0. The molecule has 0 aliphatic carbocycles. The van der Waals surface area contributed by atoms with E-state index in [1.807, 2.05) is 0 Å². The fraction of sp³-hybridized carbons (Fsp3) is 0.619. The summed E-state index contributed by atoms with van der Waals surface area (Å²) in [4.78, 5) is 29.0. The van der Waals surface area contributed by atoms with Crippen LogP contribution in [0.4, 0.5) is 0 Å². The number of carbonyl (C=O) groups excluding carboxylic acids is 2. The van der Waals surface area contributed by atoms with E-state index in [2.05, 4.69) is 0 Å².